The predicted molar refractivity (Wildman–Crippen MR) is 102 cm³/mol. The third-order valence-electron chi connectivity index (χ3n) is 5.71. The molecule has 168 valence electrons. The van der Waals surface area contributed by atoms with E-state index in [2.05, 4.69) is 13.2 Å². The number of carbonyl (C=O) groups is 4. The molecular weight excluding hydrogens is 412 g/mol. The van der Waals surface area contributed by atoms with Crippen LogP contribution in [-0.2, 0) is 38.1 Å². The maximum Gasteiger partial charge on any atom is 0.334 e. The van der Waals surface area contributed by atoms with Crippen LogP contribution in [0.2, 0.25) is 0 Å². The van der Waals surface area contributed by atoms with Crippen LogP contribution in [0.5, 0.6) is 0 Å². The molecule has 0 spiro atoms. The van der Waals surface area contributed by atoms with E-state index < -0.39 is 65.7 Å². The van der Waals surface area contributed by atoms with Crippen molar-refractivity contribution in [2.75, 3.05) is 6.61 Å². The van der Waals surface area contributed by atoms with Gasteiger partial charge in [-0.3, -0.25) is 9.59 Å². The molecule has 2 bridgehead atoms. The molecule has 2 saturated heterocycles. The number of aliphatic hydroxyl groups is 2. The molecule has 0 saturated carbocycles. The highest BCUT2D eigenvalue weighted by molar-refractivity contribution is 6.00. The van der Waals surface area contributed by atoms with Crippen molar-refractivity contribution in [1.82, 2.24) is 0 Å². The first-order valence-corrected chi connectivity index (χ1v) is 9.56. The lowest BCUT2D eigenvalue weighted by molar-refractivity contribution is -0.194. The molecule has 0 aromatic heterocycles. The van der Waals surface area contributed by atoms with E-state index in [1.54, 1.807) is 0 Å². The minimum absolute atomic E-state index is 0.0679. The second-order valence-corrected chi connectivity index (χ2v) is 8.17. The van der Waals surface area contributed by atoms with Gasteiger partial charge in [-0.25, -0.2) is 9.59 Å². The van der Waals surface area contributed by atoms with E-state index in [4.69, 9.17) is 18.9 Å². The van der Waals surface area contributed by atoms with Crippen molar-refractivity contribution >= 4 is 23.7 Å². The molecule has 6 unspecified atom stereocenters. The summed E-state index contributed by atoms with van der Waals surface area (Å²) in [6.07, 6.45) is -3.50. The van der Waals surface area contributed by atoms with Crippen LogP contribution in [0.1, 0.15) is 27.2 Å². The Bertz CT molecular complexity index is 917. The van der Waals surface area contributed by atoms with Crippen LogP contribution in [0.15, 0.2) is 36.1 Å². The van der Waals surface area contributed by atoms with Gasteiger partial charge in [-0.1, -0.05) is 13.2 Å². The Morgan fingerprint density at radius 1 is 1.29 bits per heavy atom. The van der Waals surface area contributed by atoms with Gasteiger partial charge in [-0.15, -0.1) is 0 Å². The third-order valence-corrected chi connectivity index (χ3v) is 5.71. The minimum Gasteiger partial charge on any atom is -0.480 e. The Hall–Kier alpha value is -2.98. The highest BCUT2D eigenvalue weighted by Crippen LogP contribution is 2.47. The number of carbonyl (C=O) groups excluding carboxylic acids is 4. The zero-order valence-electron chi connectivity index (χ0n) is 17.4. The number of hydrogen-bond acceptors (Lipinski definition) is 10. The maximum atomic E-state index is 12.8. The lowest BCUT2D eigenvalue weighted by Gasteiger charge is -2.38. The van der Waals surface area contributed by atoms with Gasteiger partial charge in [-0.2, -0.15) is 0 Å². The highest BCUT2D eigenvalue weighted by Gasteiger charge is 2.63. The van der Waals surface area contributed by atoms with Crippen molar-refractivity contribution in [3.8, 4) is 0 Å². The molecule has 0 aromatic carbocycles. The monoisotopic (exact) mass is 436 g/mol. The molecule has 10 nitrogen and oxygen atoms in total. The Balaban J connectivity index is 2.21. The number of hydrogen-bond donors (Lipinski definition) is 2. The molecule has 2 fully saturated rings. The molecule has 10 heteroatoms. The van der Waals surface area contributed by atoms with Crippen LogP contribution in [0.25, 0.3) is 0 Å². The Labute approximate surface area is 178 Å². The lowest BCUT2D eigenvalue weighted by atomic mass is 9.78. The average Bonchev–Trinajstić information content (AvgIpc) is 3.14. The summed E-state index contributed by atoms with van der Waals surface area (Å²) in [5.41, 5.74) is -4.05. The topological polar surface area (TPSA) is 146 Å². The zero-order chi connectivity index (χ0) is 23.3. The number of ketones is 1. The fraction of sp³-hybridized carbons (Fsp3) is 0.524. The number of aliphatic hydroxyl groups excluding tert-OH is 1. The summed E-state index contributed by atoms with van der Waals surface area (Å²) in [7, 11) is 0. The zero-order valence-corrected chi connectivity index (χ0v) is 17.4. The second-order valence-electron chi connectivity index (χ2n) is 8.17. The van der Waals surface area contributed by atoms with Gasteiger partial charge < -0.3 is 29.2 Å². The molecule has 3 aliphatic rings. The Kier molecular flexibility index (Phi) is 5.57. The van der Waals surface area contributed by atoms with Crippen molar-refractivity contribution in [3.63, 3.8) is 0 Å². The first-order chi connectivity index (χ1) is 14.3. The number of rotatable bonds is 4. The standard InChI is InChI=1S/C21H24O10/c1-9(2)18(25)29-12-7-20(5)13(24)6-14(31-20)21(27,8-22)17(28-11(4)23)16-15(12)10(3)19(26)30-16/h6,12,15-17,22,27H,1,3,7-8H2,2,4-5H3. The van der Waals surface area contributed by atoms with Gasteiger partial charge in [0.25, 0.3) is 0 Å². The molecule has 3 rings (SSSR count). The minimum atomic E-state index is -2.42. The molecule has 3 aliphatic heterocycles. The first kappa shape index (κ1) is 22.7. The van der Waals surface area contributed by atoms with Crippen LogP contribution in [0, 0.1) is 5.92 Å². The molecule has 3 heterocycles. The summed E-state index contributed by atoms with van der Waals surface area (Å²) in [5.74, 6) is -4.53. The fourth-order valence-corrected chi connectivity index (χ4v) is 4.03. The number of fused-ring (bicyclic) bond motifs is 3. The fourth-order valence-electron chi connectivity index (χ4n) is 4.03. The smallest absolute Gasteiger partial charge is 0.334 e. The van der Waals surface area contributed by atoms with Crippen LogP contribution in [-0.4, -0.2) is 70.0 Å². The van der Waals surface area contributed by atoms with Crippen molar-refractivity contribution < 1.29 is 48.3 Å². The van der Waals surface area contributed by atoms with E-state index in [0.29, 0.717) is 0 Å². The van der Waals surface area contributed by atoms with Gasteiger partial charge in [0.1, 0.15) is 11.9 Å². The van der Waals surface area contributed by atoms with E-state index >= 15 is 0 Å². The Morgan fingerprint density at radius 3 is 2.48 bits per heavy atom. The number of esters is 3. The van der Waals surface area contributed by atoms with Crippen molar-refractivity contribution in [2.45, 2.75) is 56.7 Å². The normalized spacial score (nSPS) is 36.8. The van der Waals surface area contributed by atoms with Crippen LogP contribution < -0.4 is 0 Å². The molecular formula is C21H24O10. The SMILES string of the molecule is C=C(C)C(=O)OC1CC2(C)OC(=CC2=O)C(O)(CO)C(OC(C)=O)C2OC(=O)C(=C)C12. The van der Waals surface area contributed by atoms with Crippen LogP contribution in [0.3, 0.4) is 0 Å². The van der Waals surface area contributed by atoms with E-state index in [1.807, 2.05) is 0 Å². The van der Waals surface area contributed by atoms with Gasteiger partial charge in [0.2, 0.25) is 5.78 Å². The summed E-state index contributed by atoms with van der Waals surface area (Å²) in [4.78, 5) is 49.3. The predicted octanol–water partition coefficient (Wildman–Crippen LogP) is -0.127. The van der Waals surface area contributed by atoms with E-state index in [1.165, 1.54) is 13.8 Å². The van der Waals surface area contributed by atoms with Crippen LogP contribution in [0.4, 0.5) is 0 Å². The molecule has 0 aromatic rings. The van der Waals surface area contributed by atoms with Gasteiger partial charge in [0.15, 0.2) is 23.4 Å². The molecule has 2 N–H and O–H groups in total. The van der Waals surface area contributed by atoms with Crippen LogP contribution >= 0.6 is 0 Å². The van der Waals surface area contributed by atoms with Gasteiger partial charge in [0.05, 0.1) is 12.5 Å². The molecule has 0 amide bonds. The van der Waals surface area contributed by atoms with E-state index in [0.717, 1.165) is 13.0 Å². The molecule has 0 aliphatic carbocycles. The van der Waals surface area contributed by atoms with Crippen molar-refractivity contribution in [2.24, 2.45) is 5.92 Å². The van der Waals surface area contributed by atoms with Crippen molar-refractivity contribution in [3.05, 3.63) is 36.1 Å². The average molecular weight is 436 g/mol. The first-order valence-electron chi connectivity index (χ1n) is 9.56. The number of ether oxygens (including phenoxy) is 4. The summed E-state index contributed by atoms with van der Waals surface area (Å²) in [6, 6.07) is 0. The van der Waals surface area contributed by atoms with Crippen molar-refractivity contribution in [1.29, 1.82) is 0 Å². The van der Waals surface area contributed by atoms with E-state index in [-0.39, 0.29) is 23.3 Å². The largest absolute Gasteiger partial charge is 0.480 e. The summed E-state index contributed by atoms with van der Waals surface area (Å²) >= 11 is 0. The lowest BCUT2D eigenvalue weighted by Crippen LogP contribution is -2.57. The maximum absolute atomic E-state index is 12.8. The molecule has 0 radical (unpaired) electrons. The molecule has 6 atom stereocenters. The molecule has 31 heavy (non-hydrogen) atoms. The van der Waals surface area contributed by atoms with E-state index in [9.17, 15) is 29.4 Å². The Morgan fingerprint density at radius 2 is 1.94 bits per heavy atom. The summed E-state index contributed by atoms with van der Waals surface area (Å²) in [6.45, 7) is 10.1. The van der Waals surface area contributed by atoms with Gasteiger partial charge in [0, 0.05) is 30.6 Å². The third kappa shape index (κ3) is 3.66. The summed E-state index contributed by atoms with van der Waals surface area (Å²) in [5, 5.41) is 21.3. The highest BCUT2D eigenvalue weighted by atomic mass is 16.6. The summed E-state index contributed by atoms with van der Waals surface area (Å²) < 4.78 is 21.9. The van der Waals surface area contributed by atoms with Gasteiger partial charge in [-0.05, 0) is 13.8 Å². The second kappa shape index (κ2) is 7.61. The van der Waals surface area contributed by atoms with Gasteiger partial charge >= 0.3 is 17.9 Å². The quantitative estimate of drug-likeness (QED) is 0.347.